The van der Waals surface area contributed by atoms with E-state index in [1.54, 1.807) is 6.92 Å². The molecule has 0 aliphatic carbocycles. The molecule has 0 amide bonds. The first-order valence-corrected chi connectivity index (χ1v) is 8.02. The van der Waals surface area contributed by atoms with Gasteiger partial charge in [0, 0.05) is 0 Å². The Morgan fingerprint density at radius 2 is 2.05 bits per heavy atom. The van der Waals surface area contributed by atoms with E-state index < -0.39 is 0 Å². The second-order valence-corrected chi connectivity index (χ2v) is 4.87. The lowest BCUT2D eigenvalue weighted by molar-refractivity contribution is -0.137. The summed E-state index contributed by atoms with van der Waals surface area (Å²) in [6.07, 6.45) is 4.61. The van der Waals surface area contributed by atoms with Gasteiger partial charge in [-0.3, -0.25) is 0 Å². The molecule has 0 aromatic heterocycles. The summed E-state index contributed by atoms with van der Waals surface area (Å²) in [5.41, 5.74) is 1.16. The second kappa shape index (κ2) is 9.59. The lowest BCUT2D eigenvalue weighted by Crippen LogP contribution is -2.06. The lowest BCUT2D eigenvalue weighted by Gasteiger charge is -2.12. The van der Waals surface area contributed by atoms with Crippen LogP contribution in [0.5, 0.6) is 5.75 Å². The van der Waals surface area contributed by atoms with Gasteiger partial charge < -0.3 is 9.47 Å². The molecule has 4 heteroatoms. The monoisotopic (exact) mass is 340 g/mol. The molecule has 0 atom stereocenters. The summed E-state index contributed by atoms with van der Waals surface area (Å²) in [7, 11) is 0. The van der Waals surface area contributed by atoms with Crippen molar-refractivity contribution in [1.29, 1.82) is 0 Å². The van der Waals surface area contributed by atoms with E-state index in [-0.39, 0.29) is 5.97 Å². The predicted octanol–water partition coefficient (Wildman–Crippen LogP) is 4.25. The number of halogens is 1. The van der Waals surface area contributed by atoms with Crippen LogP contribution >= 0.6 is 15.9 Å². The number of aryl methyl sites for hydroxylation is 1. The highest BCUT2D eigenvalue weighted by Gasteiger charge is 2.08. The van der Waals surface area contributed by atoms with Crippen molar-refractivity contribution in [3.05, 3.63) is 41.7 Å². The van der Waals surface area contributed by atoms with Gasteiger partial charge in [0.1, 0.15) is 11.5 Å². The number of carbonyl (C=O) groups excluding carboxylic acids is 1. The third kappa shape index (κ3) is 5.78. The fraction of sp³-hybridized carbons (Fsp3) is 0.438. The molecule has 1 rings (SSSR count). The topological polar surface area (TPSA) is 35.5 Å². The normalized spacial score (nSPS) is 11.2. The van der Waals surface area contributed by atoms with Crippen LogP contribution in [0.3, 0.4) is 0 Å². The minimum Gasteiger partial charge on any atom is -0.463 e. The molecular formula is C16H21BrO3. The van der Waals surface area contributed by atoms with Gasteiger partial charge in [0.05, 0.1) is 18.0 Å². The fourth-order valence-electron chi connectivity index (χ4n) is 1.73. The number of hydrogen-bond donors (Lipinski definition) is 0. The molecule has 0 saturated heterocycles. The molecule has 0 heterocycles. The highest BCUT2D eigenvalue weighted by Crippen LogP contribution is 2.23. The van der Waals surface area contributed by atoms with Gasteiger partial charge in [-0.25, -0.2) is 4.79 Å². The Labute approximate surface area is 129 Å². The molecule has 20 heavy (non-hydrogen) atoms. The molecule has 0 fully saturated rings. The minimum atomic E-state index is -0.381. The first kappa shape index (κ1) is 16.8. The van der Waals surface area contributed by atoms with Gasteiger partial charge in [-0.1, -0.05) is 47.5 Å². The standard InChI is InChI=1S/C16H21BrO3/c1-3-5-8-13-9-6-7-10-15(13)20-14(12-17)11-16(18)19-4-2/h6-7,9-11H,3-5,8,12H2,1-2H3. The number of hydrogen-bond acceptors (Lipinski definition) is 3. The minimum absolute atomic E-state index is 0.359. The van der Waals surface area contributed by atoms with Crippen molar-refractivity contribution in [2.75, 3.05) is 11.9 Å². The van der Waals surface area contributed by atoms with E-state index in [1.807, 2.05) is 18.2 Å². The lowest BCUT2D eigenvalue weighted by atomic mass is 10.1. The van der Waals surface area contributed by atoms with Gasteiger partial charge in [-0.15, -0.1) is 0 Å². The van der Waals surface area contributed by atoms with Gasteiger partial charge in [-0.2, -0.15) is 0 Å². The predicted molar refractivity (Wildman–Crippen MR) is 84.2 cm³/mol. The largest absolute Gasteiger partial charge is 0.463 e. The van der Waals surface area contributed by atoms with E-state index in [2.05, 4.69) is 28.9 Å². The zero-order chi connectivity index (χ0) is 14.8. The van der Waals surface area contributed by atoms with Gasteiger partial charge in [0.25, 0.3) is 0 Å². The average Bonchev–Trinajstić information content (AvgIpc) is 2.45. The van der Waals surface area contributed by atoms with Crippen LogP contribution in [0.2, 0.25) is 0 Å². The number of benzene rings is 1. The molecule has 0 bridgehead atoms. The zero-order valence-electron chi connectivity index (χ0n) is 12.0. The maximum atomic E-state index is 11.5. The summed E-state index contributed by atoms with van der Waals surface area (Å²) in [5.74, 6) is 0.969. The van der Waals surface area contributed by atoms with Crippen LogP contribution in [0.1, 0.15) is 32.3 Å². The molecule has 3 nitrogen and oxygen atoms in total. The molecule has 0 spiro atoms. The highest BCUT2D eigenvalue weighted by atomic mass is 79.9. The van der Waals surface area contributed by atoms with Gasteiger partial charge in [0.15, 0.2) is 0 Å². The third-order valence-electron chi connectivity index (χ3n) is 2.71. The summed E-state index contributed by atoms with van der Waals surface area (Å²) in [5, 5.41) is 0.466. The number of rotatable bonds is 8. The van der Waals surface area contributed by atoms with Crippen molar-refractivity contribution < 1.29 is 14.3 Å². The Kier molecular flexibility index (Phi) is 8.04. The van der Waals surface area contributed by atoms with Crippen LogP contribution < -0.4 is 4.74 Å². The van der Waals surface area contributed by atoms with Crippen LogP contribution in [0.15, 0.2) is 36.1 Å². The first-order valence-electron chi connectivity index (χ1n) is 6.90. The molecule has 0 aliphatic rings. The van der Waals surface area contributed by atoms with Gasteiger partial charge in [-0.05, 0) is 31.4 Å². The molecule has 0 N–H and O–H groups in total. The molecule has 1 aromatic carbocycles. The average molecular weight is 341 g/mol. The Morgan fingerprint density at radius 1 is 1.30 bits per heavy atom. The summed E-state index contributed by atoms with van der Waals surface area (Å²) in [4.78, 5) is 11.5. The van der Waals surface area contributed by atoms with Crippen molar-refractivity contribution in [3.8, 4) is 5.75 Å². The van der Waals surface area contributed by atoms with E-state index in [9.17, 15) is 4.79 Å². The first-order chi connectivity index (χ1) is 9.71. The number of carbonyl (C=O) groups is 1. The summed E-state index contributed by atoms with van der Waals surface area (Å²) in [6.45, 7) is 4.30. The molecule has 0 unspecified atom stereocenters. The van der Waals surface area contributed by atoms with E-state index in [0.717, 1.165) is 30.6 Å². The number of allylic oxidation sites excluding steroid dienone is 1. The Balaban J connectivity index is 2.81. The second-order valence-electron chi connectivity index (χ2n) is 4.31. The molecule has 0 saturated carbocycles. The molecular weight excluding hydrogens is 320 g/mol. The summed E-state index contributed by atoms with van der Waals surface area (Å²) < 4.78 is 10.7. The number of esters is 1. The van der Waals surface area contributed by atoms with Crippen molar-refractivity contribution in [1.82, 2.24) is 0 Å². The smallest absolute Gasteiger partial charge is 0.334 e. The SMILES string of the molecule is CCCCc1ccccc1OC(=CC(=O)OCC)CBr. The molecule has 0 aliphatic heterocycles. The number of para-hydroxylation sites is 1. The van der Waals surface area contributed by atoms with Crippen molar-refractivity contribution in [2.45, 2.75) is 33.1 Å². The van der Waals surface area contributed by atoms with E-state index >= 15 is 0 Å². The van der Waals surface area contributed by atoms with Crippen LogP contribution in [-0.4, -0.2) is 17.9 Å². The number of alkyl halides is 1. The van der Waals surface area contributed by atoms with Gasteiger partial charge in [0.2, 0.25) is 0 Å². The maximum absolute atomic E-state index is 11.5. The van der Waals surface area contributed by atoms with E-state index in [0.29, 0.717) is 17.7 Å². The van der Waals surface area contributed by atoms with Gasteiger partial charge >= 0.3 is 5.97 Å². The summed E-state index contributed by atoms with van der Waals surface area (Å²) >= 11 is 3.33. The van der Waals surface area contributed by atoms with Crippen LogP contribution in [0.4, 0.5) is 0 Å². The Hall–Kier alpha value is -1.29. The van der Waals surface area contributed by atoms with Crippen molar-refractivity contribution in [2.24, 2.45) is 0 Å². The molecule has 0 radical (unpaired) electrons. The summed E-state index contributed by atoms with van der Waals surface area (Å²) in [6, 6.07) is 7.91. The van der Waals surface area contributed by atoms with Crippen molar-refractivity contribution >= 4 is 21.9 Å². The van der Waals surface area contributed by atoms with E-state index in [1.165, 1.54) is 6.08 Å². The molecule has 110 valence electrons. The number of unbranched alkanes of at least 4 members (excludes halogenated alkanes) is 1. The van der Waals surface area contributed by atoms with E-state index in [4.69, 9.17) is 9.47 Å². The maximum Gasteiger partial charge on any atom is 0.334 e. The zero-order valence-corrected chi connectivity index (χ0v) is 13.6. The fourth-order valence-corrected chi connectivity index (χ4v) is 2.01. The number of ether oxygens (including phenoxy) is 2. The van der Waals surface area contributed by atoms with Crippen LogP contribution in [0, 0.1) is 0 Å². The highest BCUT2D eigenvalue weighted by molar-refractivity contribution is 9.09. The van der Waals surface area contributed by atoms with Crippen LogP contribution in [-0.2, 0) is 16.0 Å². The third-order valence-corrected chi connectivity index (χ3v) is 3.26. The Morgan fingerprint density at radius 3 is 2.70 bits per heavy atom. The van der Waals surface area contributed by atoms with Crippen LogP contribution in [0.25, 0.3) is 0 Å². The Bertz CT molecular complexity index is 455. The van der Waals surface area contributed by atoms with Crippen molar-refractivity contribution in [3.63, 3.8) is 0 Å². The molecule has 1 aromatic rings. The quantitative estimate of drug-likeness (QED) is 0.307.